The topological polar surface area (TPSA) is 41.6 Å². The molecular weight excluding hydrogens is 243 g/mol. The Balaban J connectivity index is 2.40. The zero-order valence-corrected chi connectivity index (χ0v) is 10.4. The van der Waals surface area contributed by atoms with E-state index in [0.717, 1.165) is 6.07 Å². The van der Waals surface area contributed by atoms with Crippen LogP contribution in [0.25, 0.3) is 11.2 Å². The van der Waals surface area contributed by atoms with Gasteiger partial charge < -0.3 is 4.98 Å². The van der Waals surface area contributed by atoms with E-state index in [9.17, 15) is 13.2 Å². The fraction of sp³-hybridized carbons (Fsp3) is 0.500. The van der Waals surface area contributed by atoms with Crippen molar-refractivity contribution in [3.05, 3.63) is 23.7 Å². The highest BCUT2D eigenvalue weighted by molar-refractivity contribution is 5.70. The molecule has 0 aliphatic rings. The van der Waals surface area contributed by atoms with Gasteiger partial charge in [0.2, 0.25) is 0 Å². The molecule has 2 heterocycles. The number of nitrogens with one attached hydrogen (secondary N) is 1. The standard InChI is InChI=1S/C12H14F3N3/c1-11(2,3)6-9-16-7-4-5-8(12(13,14)15)17-10(7)18-9/h4-5H,6H2,1-3H3,(H,16,17,18). The van der Waals surface area contributed by atoms with E-state index in [2.05, 4.69) is 15.0 Å². The van der Waals surface area contributed by atoms with Crippen LogP contribution in [0.3, 0.4) is 0 Å². The number of alkyl halides is 3. The van der Waals surface area contributed by atoms with Gasteiger partial charge in [-0.1, -0.05) is 20.8 Å². The number of fused-ring (bicyclic) bond motifs is 1. The molecule has 98 valence electrons. The summed E-state index contributed by atoms with van der Waals surface area (Å²) in [4.78, 5) is 10.6. The zero-order chi connectivity index (χ0) is 13.6. The van der Waals surface area contributed by atoms with Crippen LogP contribution in [0.5, 0.6) is 0 Å². The predicted octanol–water partition coefficient (Wildman–Crippen LogP) is 3.57. The quantitative estimate of drug-likeness (QED) is 0.848. The van der Waals surface area contributed by atoms with Crippen LogP contribution in [0.4, 0.5) is 13.2 Å². The van der Waals surface area contributed by atoms with Gasteiger partial charge in [0.15, 0.2) is 5.65 Å². The number of aromatic amines is 1. The van der Waals surface area contributed by atoms with Gasteiger partial charge in [-0.05, 0) is 17.5 Å². The minimum atomic E-state index is -4.43. The molecular formula is C12H14F3N3. The van der Waals surface area contributed by atoms with Crippen LogP contribution in [0, 0.1) is 5.41 Å². The van der Waals surface area contributed by atoms with Gasteiger partial charge in [-0.2, -0.15) is 13.2 Å². The average molecular weight is 257 g/mol. The maximum atomic E-state index is 12.5. The molecule has 0 saturated carbocycles. The lowest BCUT2D eigenvalue weighted by Crippen LogP contribution is -2.10. The van der Waals surface area contributed by atoms with E-state index in [-0.39, 0.29) is 11.1 Å². The number of halogens is 3. The molecule has 2 rings (SSSR count). The SMILES string of the molecule is CC(C)(C)Cc1nc2nc(C(F)(F)F)ccc2[nH]1. The van der Waals surface area contributed by atoms with Crippen molar-refractivity contribution in [2.45, 2.75) is 33.4 Å². The van der Waals surface area contributed by atoms with Gasteiger partial charge in [-0.15, -0.1) is 0 Å². The molecule has 1 N–H and O–H groups in total. The lowest BCUT2D eigenvalue weighted by molar-refractivity contribution is -0.141. The van der Waals surface area contributed by atoms with Crippen LogP contribution in [-0.4, -0.2) is 15.0 Å². The molecule has 0 bridgehead atoms. The summed E-state index contributed by atoms with van der Waals surface area (Å²) in [6.07, 6.45) is -3.78. The first kappa shape index (κ1) is 12.9. The van der Waals surface area contributed by atoms with Crippen molar-refractivity contribution in [1.82, 2.24) is 15.0 Å². The van der Waals surface area contributed by atoms with E-state index in [0.29, 0.717) is 17.8 Å². The first-order valence-electron chi connectivity index (χ1n) is 5.58. The van der Waals surface area contributed by atoms with Crippen LogP contribution in [-0.2, 0) is 12.6 Å². The molecule has 3 nitrogen and oxygen atoms in total. The Labute approximate surface area is 102 Å². The van der Waals surface area contributed by atoms with Gasteiger partial charge in [0.25, 0.3) is 0 Å². The van der Waals surface area contributed by atoms with Crippen molar-refractivity contribution < 1.29 is 13.2 Å². The largest absolute Gasteiger partial charge is 0.433 e. The fourth-order valence-corrected chi connectivity index (χ4v) is 1.69. The highest BCUT2D eigenvalue weighted by atomic mass is 19.4. The molecule has 18 heavy (non-hydrogen) atoms. The smallest absolute Gasteiger partial charge is 0.341 e. The number of aromatic nitrogens is 3. The third-order valence-corrected chi connectivity index (χ3v) is 2.38. The van der Waals surface area contributed by atoms with Crippen molar-refractivity contribution >= 4 is 11.2 Å². The monoisotopic (exact) mass is 257 g/mol. The molecule has 0 aromatic carbocycles. The van der Waals surface area contributed by atoms with Crippen molar-refractivity contribution in [3.63, 3.8) is 0 Å². The summed E-state index contributed by atoms with van der Waals surface area (Å²) in [5.41, 5.74) is -0.254. The number of imidazole rings is 1. The number of nitrogens with zero attached hydrogens (tertiary/aromatic N) is 2. The van der Waals surface area contributed by atoms with Crippen LogP contribution in [0.1, 0.15) is 32.3 Å². The molecule has 0 spiro atoms. The van der Waals surface area contributed by atoms with Crippen molar-refractivity contribution in [2.24, 2.45) is 5.41 Å². The zero-order valence-electron chi connectivity index (χ0n) is 10.4. The van der Waals surface area contributed by atoms with Crippen LogP contribution in [0.2, 0.25) is 0 Å². The fourth-order valence-electron chi connectivity index (χ4n) is 1.69. The number of pyridine rings is 1. The molecule has 6 heteroatoms. The molecule has 0 atom stereocenters. The molecule has 2 aromatic heterocycles. The van der Waals surface area contributed by atoms with E-state index in [1.807, 2.05) is 20.8 Å². The molecule has 0 unspecified atom stereocenters. The first-order chi connectivity index (χ1) is 8.15. The van der Waals surface area contributed by atoms with E-state index in [1.54, 1.807) is 0 Å². The summed E-state index contributed by atoms with van der Waals surface area (Å²) >= 11 is 0. The Morgan fingerprint density at radius 2 is 1.78 bits per heavy atom. The van der Waals surface area contributed by atoms with Crippen molar-refractivity contribution in [3.8, 4) is 0 Å². The number of hydrogen-bond donors (Lipinski definition) is 1. The van der Waals surface area contributed by atoms with Crippen molar-refractivity contribution in [2.75, 3.05) is 0 Å². The van der Waals surface area contributed by atoms with E-state index < -0.39 is 11.9 Å². The molecule has 0 aliphatic heterocycles. The number of hydrogen-bond acceptors (Lipinski definition) is 2. The highest BCUT2D eigenvalue weighted by Crippen LogP contribution is 2.29. The third kappa shape index (κ3) is 2.80. The van der Waals surface area contributed by atoms with Gasteiger partial charge in [0.1, 0.15) is 11.5 Å². The van der Waals surface area contributed by atoms with E-state index >= 15 is 0 Å². The minimum absolute atomic E-state index is 0.0146. The van der Waals surface area contributed by atoms with Crippen molar-refractivity contribution in [1.29, 1.82) is 0 Å². The second kappa shape index (κ2) is 3.96. The van der Waals surface area contributed by atoms with Gasteiger partial charge in [0.05, 0.1) is 5.52 Å². The Hall–Kier alpha value is -1.59. The normalized spacial score (nSPS) is 13.2. The van der Waals surface area contributed by atoms with Crippen LogP contribution in [0.15, 0.2) is 12.1 Å². The summed E-state index contributed by atoms with van der Waals surface area (Å²) in [6.45, 7) is 6.11. The van der Waals surface area contributed by atoms with Gasteiger partial charge in [-0.3, -0.25) is 0 Å². The molecule has 0 radical (unpaired) electrons. The Bertz CT molecular complexity index is 564. The molecule has 0 aliphatic carbocycles. The van der Waals surface area contributed by atoms with Crippen LogP contribution >= 0.6 is 0 Å². The van der Waals surface area contributed by atoms with Crippen LogP contribution < -0.4 is 0 Å². The van der Waals surface area contributed by atoms with E-state index in [4.69, 9.17) is 0 Å². The summed E-state index contributed by atoms with van der Waals surface area (Å²) < 4.78 is 37.5. The minimum Gasteiger partial charge on any atom is -0.341 e. The van der Waals surface area contributed by atoms with Gasteiger partial charge >= 0.3 is 6.18 Å². The Kier molecular flexibility index (Phi) is 2.83. The summed E-state index contributed by atoms with van der Waals surface area (Å²) in [7, 11) is 0. The Morgan fingerprint density at radius 1 is 1.11 bits per heavy atom. The molecule has 0 saturated heterocycles. The van der Waals surface area contributed by atoms with E-state index in [1.165, 1.54) is 6.07 Å². The second-order valence-corrected chi connectivity index (χ2v) is 5.49. The summed E-state index contributed by atoms with van der Waals surface area (Å²) in [6, 6.07) is 2.33. The number of rotatable bonds is 1. The molecule has 0 amide bonds. The lowest BCUT2D eigenvalue weighted by Gasteiger charge is -2.15. The lowest BCUT2D eigenvalue weighted by atomic mass is 9.92. The van der Waals surface area contributed by atoms with Gasteiger partial charge in [-0.25, -0.2) is 9.97 Å². The first-order valence-corrected chi connectivity index (χ1v) is 5.58. The summed E-state index contributed by atoms with van der Waals surface area (Å²) in [5, 5.41) is 0. The average Bonchev–Trinajstić information content (AvgIpc) is 2.53. The molecule has 2 aromatic rings. The number of H-pyrrole nitrogens is 1. The third-order valence-electron chi connectivity index (χ3n) is 2.38. The van der Waals surface area contributed by atoms with Gasteiger partial charge in [0, 0.05) is 6.42 Å². The maximum absolute atomic E-state index is 12.5. The summed E-state index contributed by atoms with van der Waals surface area (Å²) in [5.74, 6) is 0.657. The maximum Gasteiger partial charge on any atom is 0.433 e. The Morgan fingerprint density at radius 3 is 2.33 bits per heavy atom. The predicted molar refractivity (Wildman–Crippen MR) is 62.0 cm³/mol. The highest BCUT2D eigenvalue weighted by Gasteiger charge is 2.32. The second-order valence-electron chi connectivity index (χ2n) is 5.49. The molecule has 0 fully saturated rings.